The van der Waals surface area contributed by atoms with Crippen LogP contribution in [0.15, 0.2) is 42.6 Å². The van der Waals surface area contributed by atoms with Gasteiger partial charge >= 0.3 is 0 Å². The van der Waals surface area contributed by atoms with Gasteiger partial charge in [0, 0.05) is 30.7 Å². The Morgan fingerprint density at radius 3 is 2.25 bits per heavy atom. The molecule has 0 fully saturated rings. The molecule has 1 aromatic heterocycles. The molecule has 0 radical (unpaired) electrons. The van der Waals surface area contributed by atoms with Crippen LogP contribution in [0.4, 0.5) is 11.4 Å². The molecule has 1 aromatic carbocycles. The first-order valence-electron chi connectivity index (χ1n) is 8.79. The quantitative estimate of drug-likeness (QED) is 0.768. The van der Waals surface area contributed by atoms with Crippen molar-refractivity contribution < 1.29 is 4.79 Å². The standard InChI is InChI=1S/C20H27N3O/c1-4-13-23(14-5-2)20(24)19-15-18(11-12-21-19)22-17-9-7-16(6-3)8-10-17/h7-12,15H,4-6,13-14H2,1-3H3,(H,21,22). The maximum absolute atomic E-state index is 12.6. The second-order valence-corrected chi connectivity index (χ2v) is 5.90. The summed E-state index contributed by atoms with van der Waals surface area (Å²) in [4.78, 5) is 18.8. The molecule has 0 atom stereocenters. The smallest absolute Gasteiger partial charge is 0.272 e. The summed E-state index contributed by atoms with van der Waals surface area (Å²) < 4.78 is 0. The van der Waals surface area contributed by atoms with Gasteiger partial charge in [0.25, 0.3) is 5.91 Å². The predicted octanol–water partition coefficient (Wildman–Crippen LogP) is 4.65. The van der Waals surface area contributed by atoms with Crippen LogP contribution in [0, 0.1) is 0 Å². The number of benzene rings is 1. The zero-order valence-electron chi connectivity index (χ0n) is 14.9. The number of aryl methyl sites for hydroxylation is 1. The van der Waals surface area contributed by atoms with Crippen molar-refractivity contribution in [3.63, 3.8) is 0 Å². The number of aromatic nitrogens is 1. The summed E-state index contributed by atoms with van der Waals surface area (Å²) in [5, 5.41) is 3.34. The van der Waals surface area contributed by atoms with Crippen LogP contribution in [0.25, 0.3) is 0 Å². The molecule has 2 aromatic rings. The SMILES string of the molecule is CCCN(CCC)C(=O)c1cc(Nc2ccc(CC)cc2)ccn1. The summed E-state index contributed by atoms with van der Waals surface area (Å²) >= 11 is 0. The van der Waals surface area contributed by atoms with Crippen molar-refractivity contribution in [1.29, 1.82) is 0 Å². The second kappa shape index (κ2) is 9.06. The van der Waals surface area contributed by atoms with E-state index in [0.29, 0.717) is 5.69 Å². The van der Waals surface area contributed by atoms with E-state index in [-0.39, 0.29) is 5.91 Å². The Hall–Kier alpha value is -2.36. The highest BCUT2D eigenvalue weighted by Gasteiger charge is 2.15. The van der Waals surface area contributed by atoms with E-state index in [1.165, 1.54) is 5.56 Å². The molecule has 0 aliphatic heterocycles. The summed E-state index contributed by atoms with van der Waals surface area (Å²) in [6.07, 6.45) is 4.62. The fourth-order valence-electron chi connectivity index (χ4n) is 2.63. The molecule has 128 valence electrons. The number of amides is 1. The van der Waals surface area contributed by atoms with E-state index in [4.69, 9.17) is 0 Å². The third-order valence-corrected chi connectivity index (χ3v) is 3.90. The van der Waals surface area contributed by atoms with Crippen LogP contribution in [-0.4, -0.2) is 28.9 Å². The van der Waals surface area contributed by atoms with Gasteiger partial charge in [-0.3, -0.25) is 9.78 Å². The lowest BCUT2D eigenvalue weighted by atomic mass is 10.1. The number of nitrogens with zero attached hydrogens (tertiary/aromatic N) is 2. The highest BCUT2D eigenvalue weighted by molar-refractivity contribution is 5.93. The highest BCUT2D eigenvalue weighted by atomic mass is 16.2. The summed E-state index contributed by atoms with van der Waals surface area (Å²) in [5.74, 6) is 0.00341. The molecule has 0 aliphatic carbocycles. The molecule has 0 saturated carbocycles. The van der Waals surface area contributed by atoms with Crippen LogP contribution >= 0.6 is 0 Å². The molecule has 1 heterocycles. The molecule has 0 unspecified atom stereocenters. The molecule has 2 rings (SSSR count). The molecule has 24 heavy (non-hydrogen) atoms. The first-order chi connectivity index (χ1) is 11.7. The molecular formula is C20H27N3O. The Labute approximate surface area is 144 Å². The van der Waals surface area contributed by atoms with E-state index >= 15 is 0 Å². The van der Waals surface area contributed by atoms with Crippen molar-refractivity contribution >= 4 is 17.3 Å². The maximum atomic E-state index is 12.6. The zero-order valence-corrected chi connectivity index (χ0v) is 14.9. The van der Waals surface area contributed by atoms with Crippen molar-refractivity contribution in [2.24, 2.45) is 0 Å². The molecule has 0 saturated heterocycles. The van der Waals surface area contributed by atoms with Gasteiger partial charge in [-0.05, 0) is 49.1 Å². The number of anilines is 2. The van der Waals surface area contributed by atoms with Gasteiger partial charge < -0.3 is 10.2 Å². The molecule has 0 spiro atoms. The van der Waals surface area contributed by atoms with Gasteiger partial charge in [-0.1, -0.05) is 32.9 Å². The monoisotopic (exact) mass is 325 g/mol. The van der Waals surface area contributed by atoms with Crippen LogP contribution in [0.1, 0.15) is 49.7 Å². The van der Waals surface area contributed by atoms with Crippen molar-refractivity contribution in [2.75, 3.05) is 18.4 Å². The van der Waals surface area contributed by atoms with Crippen LogP contribution < -0.4 is 5.32 Å². The molecule has 4 heteroatoms. The number of hydrogen-bond acceptors (Lipinski definition) is 3. The Morgan fingerprint density at radius 2 is 1.67 bits per heavy atom. The topological polar surface area (TPSA) is 45.2 Å². The van der Waals surface area contributed by atoms with E-state index in [9.17, 15) is 4.79 Å². The third-order valence-electron chi connectivity index (χ3n) is 3.90. The number of pyridine rings is 1. The third kappa shape index (κ3) is 4.82. The first kappa shape index (κ1) is 18.0. The maximum Gasteiger partial charge on any atom is 0.272 e. The summed E-state index contributed by atoms with van der Waals surface area (Å²) in [5.41, 5.74) is 3.69. The molecule has 1 amide bonds. The molecule has 1 N–H and O–H groups in total. The number of nitrogens with one attached hydrogen (secondary N) is 1. The Bertz CT molecular complexity index is 646. The number of carbonyl (C=O) groups is 1. The van der Waals surface area contributed by atoms with Crippen molar-refractivity contribution in [2.45, 2.75) is 40.0 Å². The van der Waals surface area contributed by atoms with Crippen LogP contribution in [0.3, 0.4) is 0 Å². The lowest BCUT2D eigenvalue weighted by Gasteiger charge is -2.21. The van der Waals surface area contributed by atoms with Crippen LogP contribution in [0.5, 0.6) is 0 Å². The number of rotatable bonds is 8. The number of hydrogen-bond donors (Lipinski definition) is 1. The second-order valence-electron chi connectivity index (χ2n) is 5.90. The lowest BCUT2D eigenvalue weighted by Crippen LogP contribution is -2.33. The van der Waals surface area contributed by atoms with Crippen molar-refractivity contribution in [1.82, 2.24) is 9.88 Å². The molecule has 0 bridgehead atoms. The molecule has 4 nitrogen and oxygen atoms in total. The van der Waals surface area contributed by atoms with Crippen molar-refractivity contribution in [3.05, 3.63) is 53.9 Å². The van der Waals surface area contributed by atoms with Gasteiger partial charge in [0.05, 0.1) is 0 Å². The molecule has 0 aliphatic rings. The van der Waals surface area contributed by atoms with Gasteiger partial charge in [-0.25, -0.2) is 0 Å². The number of carbonyl (C=O) groups excluding carboxylic acids is 1. The first-order valence-corrected chi connectivity index (χ1v) is 8.79. The highest BCUT2D eigenvalue weighted by Crippen LogP contribution is 2.18. The predicted molar refractivity (Wildman–Crippen MR) is 99.8 cm³/mol. The van der Waals surface area contributed by atoms with E-state index in [0.717, 1.165) is 43.7 Å². The Kier molecular flexibility index (Phi) is 6.79. The van der Waals surface area contributed by atoms with E-state index in [1.54, 1.807) is 6.20 Å². The average molecular weight is 325 g/mol. The fourth-order valence-corrected chi connectivity index (χ4v) is 2.63. The zero-order chi connectivity index (χ0) is 17.4. The van der Waals surface area contributed by atoms with Crippen LogP contribution in [0.2, 0.25) is 0 Å². The van der Waals surface area contributed by atoms with Gasteiger partial charge in [0.1, 0.15) is 5.69 Å². The van der Waals surface area contributed by atoms with Crippen LogP contribution in [-0.2, 0) is 6.42 Å². The summed E-state index contributed by atoms with van der Waals surface area (Å²) in [6, 6.07) is 12.0. The lowest BCUT2D eigenvalue weighted by molar-refractivity contribution is 0.0749. The van der Waals surface area contributed by atoms with E-state index in [1.807, 2.05) is 17.0 Å². The van der Waals surface area contributed by atoms with Gasteiger partial charge in [0.15, 0.2) is 0 Å². The normalized spacial score (nSPS) is 10.5. The summed E-state index contributed by atoms with van der Waals surface area (Å²) in [6.45, 7) is 7.85. The minimum Gasteiger partial charge on any atom is -0.355 e. The van der Waals surface area contributed by atoms with Gasteiger partial charge in [-0.15, -0.1) is 0 Å². The summed E-state index contributed by atoms with van der Waals surface area (Å²) in [7, 11) is 0. The largest absolute Gasteiger partial charge is 0.355 e. The van der Waals surface area contributed by atoms with E-state index < -0.39 is 0 Å². The Balaban J connectivity index is 2.13. The Morgan fingerprint density at radius 1 is 1.00 bits per heavy atom. The molecular weight excluding hydrogens is 298 g/mol. The van der Waals surface area contributed by atoms with Crippen molar-refractivity contribution in [3.8, 4) is 0 Å². The minimum atomic E-state index is 0.00341. The minimum absolute atomic E-state index is 0.00341. The van der Waals surface area contributed by atoms with Gasteiger partial charge in [0.2, 0.25) is 0 Å². The fraction of sp³-hybridized carbons (Fsp3) is 0.400. The van der Waals surface area contributed by atoms with Gasteiger partial charge in [-0.2, -0.15) is 0 Å². The van der Waals surface area contributed by atoms with E-state index in [2.05, 4.69) is 55.3 Å². The average Bonchev–Trinajstić information content (AvgIpc) is 2.62.